The second-order valence-corrected chi connectivity index (χ2v) is 5.88. The van der Waals surface area contributed by atoms with Gasteiger partial charge in [0.1, 0.15) is 12.3 Å². The van der Waals surface area contributed by atoms with E-state index in [1.165, 1.54) is 4.90 Å². The van der Waals surface area contributed by atoms with E-state index in [9.17, 15) is 9.59 Å². The number of para-hydroxylation sites is 1. The largest absolute Gasteiger partial charge is 0.385 e. The van der Waals surface area contributed by atoms with Gasteiger partial charge in [-0.05, 0) is 31.9 Å². The van der Waals surface area contributed by atoms with Crippen LogP contribution in [0.1, 0.15) is 17.7 Å². The minimum Gasteiger partial charge on any atom is -0.385 e. The summed E-state index contributed by atoms with van der Waals surface area (Å²) in [5.41, 5.74) is 1.65. The van der Waals surface area contributed by atoms with E-state index < -0.39 is 0 Å². The highest BCUT2D eigenvalue weighted by molar-refractivity contribution is 5.96. The number of rotatable bonds is 8. The molecule has 1 aromatic heterocycles. The zero-order valence-corrected chi connectivity index (χ0v) is 15.2. The first-order chi connectivity index (χ1) is 12.5. The molecule has 2 aromatic rings. The van der Waals surface area contributed by atoms with E-state index in [1.807, 2.05) is 31.2 Å². The third-order valence-electron chi connectivity index (χ3n) is 3.68. The Balaban J connectivity index is 2.00. The van der Waals surface area contributed by atoms with Crippen LogP contribution >= 0.6 is 0 Å². The van der Waals surface area contributed by atoms with Gasteiger partial charge < -0.3 is 24.8 Å². The van der Waals surface area contributed by atoms with E-state index in [-0.39, 0.29) is 18.5 Å². The van der Waals surface area contributed by atoms with Gasteiger partial charge in [-0.3, -0.25) is 4.79 Å². The molecule has 140 valence electrons. The number of methoxy groups -OCH3 is 1. The fraction of sp³-hybridized carbons (Fsp3) is 0.389. The summed E-state index contributed by atoms with van der Waals surface area (Å²) in [6.45, 7) is 4.42. The molecule has 0 radical (unpaired) electrons. The summed E-state index contributed by atoms with van der Waals surface area (Å²) >= 11 is 0. The van der Waals surface area contributed by atoms with Crippen molar-refractivity contribution >= 4 is 23.4 Å². The Morgan fingerprint density at radius 1 is 1.23 bits per heavy atom. The molecule has 3 amide bonds. The van der Waals surface area contributed by atoms with Crippen LogP contribution in [-0.4, -0.2) is 48.8 Å². The van der Waals surface area contributed by atoms with Gasteiger partial charge in [0.2, 0.25) is 5.91 Å². The van der Waals surface area contributed by atoms with Crippen LogP contribution < -0.4 is 10.6 Å². The van der Waals surface area contributed by atoms with Gasteiger partial charge in [-0.25, -0.2) is 4.79 Å². The van der Waals surface area contributed by atoms with Gasteiger partial charge in [-0.1, -0.05) is 23.4 Å². The number of hydrogen-bond acceptors (Lipinski definition) is 5. The normalized spacial score (nSPS) is 10.4. The molecule has 8 nitrogen and oxygen atoms in total. The Morgan fingerprint density at radius 3 is 2.65 bits per heavy atom. The van der Waals surface area contributed by atoms with Gasteiger partial charge in [0, 0.05) is 32.0 Å². The smallest absolute Gasteiger partial charge is 0.322 e. The summed E-state index contributed by atoms with van der Waals surface area (Å²) in [5.74, 6) is 0.564. The molecule has 0 atom stereocenters. The van der Waals surface area contributed by atoms with Crippen molar-refractivity contribution in [3.63, 3.8) is 0 Å². The first-order valence-electron chi connectivity index (χ1n) is 8.33. The van der Waals surface area contributed by atoms with Crippen molar-refractivity contribution in [3.05, 3.63) is 41.7 Å². The first kappa shape index (κ1) is 19.5. The molecule has 0 aliphatic carbocycles. The summed E-state index contributed by atoms with van der Waals surface area (Å²) in [7, 11) is 1.59. The maximum absolute atomic E-state index is 12.6. The SMILES string of the molecule is COCCCN(CC(=O)Nc1cc(C)on1)C(=O)Nc1ccccc1C. The van der Waals surface area contributed by atoms with Crippen LogP contribution in [0.5, 0.6) is 0 Å². The van der Waals surface area contributed by atoms with Crippen LogP contribution in [0, 0.1) is 13.8 Å². The predicted octanol–water partition coefficient (Wildman–Crippen LogP) is 2.80. The Labute approximate surface area is 152 Å². The number of nitrogens with one attached hydrogen (secondary N) is 2. The predicted molar refractivity (Wildman–Crippen MR) is 98.1 cm³/mol. The molecule has 0 saturated carbocycles. The van der Waals surface area contributed by atoms with E-state index in [1.54, 1.807) is 20.1 Å². The highest BCUT2D eigenvalue weighted by Gasteiger charge is 2.18. The molecule has 26 heavy (non-hydrogen) atoms. The summed E-state index contributed by atoms with van der Waals surface area (Å²) in [6, 6.07) is 8.73. The molecule has 2 N–H and O–H groups in total. The van der Waals surface area contributed by atoms with Gasteiger partial charge in [-0.15, -0.1) is 0 Å². The molecule has 2 rings (SSSR count). The average molecular weight is 360 g/mol. The van der Waals surface area contributed by atoms with Crippen LogP contribution in [0.4, 0.5) is 16.3 Å². The van der Waals surface area contributed by atoms with Crippen molar-refractivity contribution in [1.82, 2.24) is 10.1 Å². The molecule has 0 spiro atoms. The zero-order chi connectivity index (χ0) is 18.9. The number of aryl methyl sites for hydroxylation is 2. The van der Waals surface area contributed by atoms with Gasteiger partial charge in [0.25, 0.3) is 0 Å². The van der Waals surface area contributed by atoms with Crippen molar-refractivity contribution < 1.29 is 18.8 Å². The number of amides is 3. The molecule has 0 fully saturated rings. The number of nitrogens with zero attached hydrogens (tertiary/aromatic N) is 2. The van der Waals surface area contributed by atoms with Crippen molar-refractivity contribution in [2.45, 2.75) is 20.3 Å². The number of urea groups is 1. The lowest BCUT2D eigenvalue weighted by Crippen LogP contribution is -2.41. The van der Waals surface area contributed by atoms with Crippen molar-refractivity contribution in [2.75, 3.05) is 37.4 Å². The molecule has 1 aromatic carbocycles. The Morgan fingerprint density at radius 2 is 2.00 bits per heavy atom. The summed E-state index contributed by atoms with van der Waals surface area (Å²) in [4.78, 5) is 26.3. The standard InChI is InChI=1S/C18H24N4O4/c1-13-7-4-5-8-15(13)19-18(24)22(9-6-10-25-3)12-17(23)20-16-11-14(2)26-21-16/h4-5,7-8,11H,6,9-10,12H2,1-3H3,(H,19,24)(H,20,21,23). The molecule has 8 heteroatoms. The molecule has 0 unspecified atom stereocenters. The Hall–Kier alpha value is -2.87. The van der Waals surface area contributed by atoms with E-state index >= 15 is 0 Å². The average Bonchev–Trinajstić information content (AvgIpc) is 3.01. The summed E-state index contributed by atoms with van der Waals surface area (Å²) in [5, 5.41) is 9.18. The van der Waals surface area contributed by atoms with Crippen molar-refractivity contribution in [2.24, 2.45) is 0 Å². The van der Waals surface area contributed by atoms with Gasteiger partial charge in [0.15, 0.2) is 5.82 Å². The second-order valence-electron chi connectivity index (χ2n) is 5.88. The number of carbonyl (C=O) groups is 2. The topological polar surface area (TPSA) is 96.7 Å². The van der Waals surface area contributed by atoms with E-state index in [0.29, 0.717) is 36.8 Å². The number of anilines is 2. The lowest BCUT2D eigenvalue weighted by atomic mass is 10.2. The van der Waals surface area contributed by atoms with Gasteiger partial charge in [0.05, 0.1) is 0 Å². The molecular weight excluding hydrogens is 336 g/mol. The Kier molecular flexibility index (Phi) is 7.16. The Bertz CT molecular complexity index is 744. The molecule has 0 aliphatic heterocycles. The molecule has 0 aliphatic rings. The number of benzene rings is 1. The van der Waals surface area contributed by atoms with Crippen LogP contribution in [0.15, 0.2) is 34.9 Å². The molecule has 0 saturated heterocycles. The monoisotopic (exact) mass is 360 g/mol. The van der Waals surface area contributed by atoms with Gasteiger partial charge in [-0.2, -0.15) is 0 Å². The zero-order valence-electron chi connectivity index (χ0n) is 15.2. The third-order valence-corrected chi connectivity index (χ3v) is 3.68. The lowest BCUT2D eigenvalue weighted by Gasteiger charge is -2.23. The van der Waals surface area contributed by atoms with Crippen LogP contribution in [0.3, 0.4) is 0 Å². The molecular formula is C18H24N4O4. The number of ether oxygens (including phenoxy) is 1. The van der Waals surface area contributed by atoms with Gasteiger partial charge >= 0.3 is 6.03 Å². The third kappa shape index (κ3) is 5.89. The number of aromatic nitrogens is 1. The maximum Gasteiger partial charge on any atom is 0.322 e. The fourth-order valence-corrected chi connectivity index (χ4v) is 2.34. The van der Waals surface area contributed by atoms with Crippen molar-refractivity contribution in [1.29, 1.82) is 0 Å². The van der Waals surface area contributed by atoms with E-state index in [0.717, 1.165) is 5.56 Å². The summed E-state index contributed by atoms with van der Waals surface area (Å²) < 4.78 is 9.95. The van der Waals surface area contributed by atoms with Crippen molar-refractivity contribution in [3.8, 4) is 0 Å². The van der Waals surface area contributed by atoms with E-state index in [4.69, 9.17) is 9.26 Å². The van der Waals surface area contributed by atoms with Crippen LogP contribution in [0.25, 0.3) is 0 Å². The lowest BCUT2D eigenvalue weighted by molar-refractivity contribution is -0.116. The minimum atomic E-state index is -0.351. The first-order valence-corrected chi connectivity index (χ1v) is 8.33. The highest BCUT2D eigenvalue weighted by Crippen LogP contribution is 2.14. The van der Waals surface area contributed by atoms with E-state index in [2.05, 4.69) is 15.8 Å². The fourth-order valence-electron chi connectivity index (χ4n) is 2.34. The molecule has 0 bridgehead atoms. The summed E-state index contributed by atoms with van der Waals surface area (Å²) in [6.07, 6.45) is 0.619. The second kappa shape index (κ2) is 9.57. The number of hydrogen-bond donors (Lipinski definition) is 2. The molecule has 1 heterocycles. The minimum absolute atomic E-state index is 0.104. The van der Waals surface area contributed by atoms with Crippen LogP contribution in [-0.2, 0) is 9.53 Å². The van der Waals surface area contributed by atoms with Crippen LogP contribution in [0.2, 0.25) is 0 Å². The highest BCUT2D eigenvalue weighted by atomic mass is 16.5. The number of carbonyl (C=O) groups excluding carboxylic acids is 2. The maximum atomic E-state index is 12.6. The quantitative estimate of drug-likeness (QED) is 0.706.